The van der Waals surface area contributed by atoms with Crippen molar-refractivity contribution in [3.8, 4) is 5.75 Å². The minimum Gasteiger partial charge on any atom is -0.743 e. The predicted molar refractivity (Wildman–Crippen MR) is 68.0 cm³/mol. The monoisotopic (exact) mass is 321 g/mol. The summed E-state index contributed by atoms with van der Waals surface area (Å²) in [5, 5.41) is -4.70. The number of benzene rings is 1. The molecule has 0 saturated carbocycles. The Morgan fingerprint density at radius 3 is 2.57 bits per heavy atom. The van der Waals surface area contributed by atoms with Gasteiger partial charge in [-0.25, -0.2) is 13.2 Å². The molecule has 0 aliphatic carbocycles. The van der Waals surface area contributed by atoms with Gasteiger partial charge in [0.15, 0.2) is 16.7 Å². The number of hydrogen-bond donors (Lipinski definition) is 0. The number of carbonyl (C=O) groups excluding carboxylic acids is 1. The molecule has 0 atom stereocenters. The third-order valence-corrected chi connectivity index (χ3v) is 3.27. The van der Waals surface area contributed by atoms with Gasteiger partial charge in [0.05, 0.1) is 7.11 Å². The van der Waals surface area contributed by atoms with E-state index in [4.69, 9.17) is 4.74 Å². The van der Waals surface area contributed by atoms with Crippen molar-refractivity contribution in [2.75, 3.05) is 13.7 Å². The standard InChI is InChI=1S/C12H12F2O6S/c1-3-8-4-5-9(10(6-8)19-2)11(15)20-7-12(13,14)21(16,17)18/h3-6H,1,7H2,2H3,(H,16,17,18)/p-1. The molecule has 0 fully saturated rings. The van der Waals surface area contributed by atoms with Crippen LogP contribution in [-0.2, 0) is 14.9 Å². The van der Waals surface area contributed by atoms with Crippen LogP contribution in [0.2, 0.25) is 0 Å². The minimum absolute atomic E-state index is 0.0331. The van der Waals surface area contributed by atoms with Crippen LogP contribution in [0.15, 0.2) is 24.8 Å². The van der Waals surface area contributed by atoms with E-state index in [1.807, 2.05) is 0 Å². The van der Waals surface area contributed by atoms with Crippen molar-refractivity contribution in [1.29, 1.82) is 0 Å². The summed E-state index contributed by atoms with van der Waals surface area (Å²) in [4.78, 5) is 11.6. The first kappa shape index (κ1) is 17.1. The van der Waals surface area contributed by atoms with Gasteiger partial charge in [-0.3, -0.25) is 0 Å². The molecule has 0 N–H and O–H groups in total. The SMILES string of the molecule is C=Cc1ccc(C(=O)OCC(F)(F)S(=O)(=O)[O-])c(OC)c1. The molecule has 1 aromatic carbocycles. The lowest BCUT2D eigenvalue weighted by atomic mass is 10.1. The number of halogens is 2. The highest BCUT2D eigenvalue weighted by Crippen LogP contribution is 2.24. The van der Waals surface area contributed by atoms with E-state index < -0.39 is 27.9 Å². The van der Waals surface area contributed by atoms with Crippen molar-refractivity contribution >= 4 is 22.2 Å². The van der Waals surface area contributed by atoms with E-state index in [9.17, 15) is 26.5 Å². The van der Waals surface area contributed by atoms with E-state index in [0.29, 0.717) is 5.56 Å². The Hall–Kier alpha value is -2.00. The maximum Gasteiger partial charge on any atom is 0.367 e. The number of esters is 1. The lowest BCUT2D eigenvalue weighted by molar-refractivity contribution is -0.0101. The average molecular weight is 321 g/mol. The molecule has 21 heavy (non-hydrogen) atoms. The lowest BCUT2D eigenvalue weighted by Crippen LogP contribution is -2.34. The second-order valence-corrected chi connectivity index (χ2v) is 5.34. The van der Waals surface area contributed by atoms with Crippen LogP contribution in [0.4, 0.5) is 8.78 Å². The number of rotatable bonds is 6. The maximum absolute atomic E-state index is 12.9. The number of hydrogen-bond acceptors (Lipinski definition) is 6. The first-order chi connectivity index (χ1) is 9.62. The van der Waals surface area contributed by atoms with E-state index >= 15 is 0 Å². The summed E-state index contributed by atoms with van der Waals surface area (Å²) in [6.07, 6.45) is 1.47. The Morgan fingerprint density at radius 2 is 2.10 bits per heavy atom. The highest BCUT2D eigenvalue weighted by molar-refractivity contribution is 7.86. The van der Waals surface area contributed by atoms with Crippen LogP contribution in [0, 0.1) is 0 Å². The fourth-order valence-electron chi connectivity index (χ4n) is 1.30. The van der Waals surface area contributed by atoms with E-state index in [1.54, 1.807) is 0 Å². The summed E-state index contributed by atoms with van der Waals surface area (Å²) in [5.74, 6) is -1.21. The fourth-order valence-corrected chi connectivity index (χ4v) is 1.51. The molecule has 0 aliphatic heterocycles. The first-order valence-electron chi connectivity index (χ1n) is 5.43. The molecular formula is C12H11F2O6S-. The average Bonchev–Trinajstić information content (AvgIpc) is 2.42. The van der Waals surface area contributed by atoms with Gasteiger partial charge in [-0.15, -0.1) is 0 Å². The summed E-state index contributed by atoms with van der Waals surface area (Å²) in [6, 6.07) is 4.10. The summed E-state index contributed by atoms with van der Waals surface area (Å²) in [7, 11) is -4.67. The number of alkyl halides is 2. The van der Waals surface area contributed by atoms with E-state index in [1.165, 1.54) is 31.4 Å². The van der Waals surface area contributed by atoms with Gasteiger partial charge >= 0.3 is 11.2 Å². The van der Waals surface area contributed by atoms with Crippen molar-refractivity contribution in [1.82, 2.24) is 0 Å². The second-order valence-electron chi connectivity index (χ2n) is 3.83. The van der Waals surface area contributed by atoms with Crippen molar-refractivity contribution in [2.24, 2.45) is 0 Å². The van der Waals surface area contributed by atoms with Gasteiger partial charge in [-0.05, 0) is 17.7 Å². The third-order valence-electron chi connectivity index (χ3n) is 2.42. The Labute approximate surface area is 119 Å². The zero-order chi connectivity index (χ0) is 16.3. The quantitative estimate of drug-likeness (QED) is 0.584. The Bertz CT molecular complexity index is 654. The molecule has 0 spiro atoms. The zero-order valence-corrected chi connectivity index (χ0v) is 11.7. The van der Waals surface area contributed by atoms with Crippen LogP contribution in [0.1, 0.15) is 15.9 Å². The van der Waals surface area contributed by atoms with Crippen molar-refractivity contribution in [2.45, 2.75) is 5.25 Å². The van der Waals surface area contributed by atoms with Gasteiger partial charge in [0.2, 0.25) is 0 Å². The van der Waals surface area contributed by atoms with Crippen LogP contribution in [0.5, 0.6) is 5.75 Å². The highest BCUT2D eigenvalue weighted by Gasteiger charge is 2.39. The first-order valence-corrected chi connectivity index (χ1v) is 6.84. The van der Waals surface area contributed by atoms with Crippen LogP contribution < -0.4 is 4.74 Å². The van der Waals surface area contributed by atoms with Gasteiger partial charge in [0.1, 0.15) is 11.3 Å². The van der Waals surface area contributed by atoms with Gasteiger partial charge in [-0.1, -0.05) is 18.7 Å². The van der Waals surface area contributed by atoms with Gasteiger partial charge in [-0.2, -0.15) is 8.78 Å². The minimum atomic E-state index is -5.91. The largest absolute Gasteiger partial charge is 0.743 e. The predicted octanol–water partition coefficient (Wildman–Crippen LogP) is 1.63. The van der Waals surface area contributed by atoms with Crippen molar-refractivity contribution in [3.63, 3.8) is 0 Å². The molecule has 1 aromatic rings. The number of methoxy groups -OCH3 is 1. The smallest absolute Gasteiger partial charge is 0.367 e. The van der Waals surface area contributed by atoms with Crippen LogP contribution in [0.25, 0.3) is 6.08 Å². The zero-order valence-electron chi connectivity index (χ0n) is 10.8. The molecule has 9 heteroatoms. The topological polar surface area (TPSA) is 92.7 Å². The molecule has 0 heterocycles. The molecule has 0 unspecified atom stereocenters. The molecule has 0 aliphatic rings. The molecule has 6 nitrogen and oxygen atoms in total. The van der Waals surface area contributed by atoms with E-state index in [0.717, 1.165) is 0 Å². The fraction of sp³-hybridized carbons (Fsp3) is 0.250. The van der Waals surface area contributed by atoms with Crippen molar-refractivity contribution < 1.29 is 36.0 Å². The third kappa shape index (κ3) is 3.99. The summed E-state index contributed by atoms with van der Waals surface area (Å²) >= 11 is 0. The van der Waals surface area contributed by atoms with Gasteiger partial charge in [0.25, 0.3) is 0 Å². The maximum atomic E-state index is 12.9. The molecule has 0 amide bonds. The molecular weight excluding hydrogens is 310 g/mol. The number of carbonyl (C=O) groups is 1. The van der Waals surface area contributed by atoms with Gasteiger partial charge in [0, 0.05) is 0 Å². The second kappa shape index (κ2) is 6.19. The molecule has 0 radical (unpaired) electrons. The number of ether oxygens (including phenoxy) is 2. The molecule has 1 rings (SSSR count). The van der Waals surface area contributed by atoms with Crippen LogP contribution in [-0.4, -0.2) is 37.9 Å². The van der Waals surface area contributed by atoms with Gasteiger partial charge < -0.3 is 14.0 Å². The van der Waals surface area contributed by atoms with Crippen LogP contribution in [0.3, 0.4) is 0 Å². The highest BCUT2D eigenvalue weighted by atomic mass is 32.2. The van der Waals surface area contributed by atoms with Crippen molar-refractivity contribution in [3.05, 3.63) is 35.9 Å². The molecule has 0 saturated heterocycles. The summed E-state index contributed by atoms with van der Waals surface area (Å²) in [5.41, 5.74) is 0.415. The summed E-state index contributed by atoms with van der Waals surface area (Å²) in [6.45, 7) is 1.63. The normalized spacial score (nSPS) is 11.8. The van der Waals surface area contributed by atoms with E-state index in [2.05, 4.69) is 11.3 Å². The Kier molecular flexibility index (Phi) is 5.02. The lowest BCUT2D eigenvalue weighted by Gasteiger charge is -2.19. The molecule has 0 bridgehead atoms. The van der Waals surface area contributed by atoms with Crippen LogP contribution >= 0.6 is 0 Å². The Balaban J connectivity index is 2.93. The molecule has 0 aromatic heterocycles. The Morgan fingerprint density at radius 1 is 1.48 bits per heavy atom. The molecule has 116 valence electrons. The summed E-state index contributed by atoms with van der Waals surface area (Å²) < 4.78 is 65.7. The van der Waals surface area contributed by atoms with E-state index in [-0.39, 0.29) is 11.3 Å².